The van der Waals surface area contributed by atoms with Crippen LogP contribution in [-0.4, -0.2) is 44.8 Å². The maximum absolute atomic E-state index is 12.6. The summed E-state index contributed by atoms with van der Waals surface area (Å²) in [6, 6.07) is 7.36. The summed E-state index contributed by atoms with van der Waals surface area (Å²) in [5.41, 5.74) is 1.63. The van der Waals surface area contributed by atoms with Crippen molar-refractivity contribution in [1.82, 2.24) is 8.87 Å². The summed E-state index contributed by atoms with van der Waals surface area (Å²) in [5, 5.41) is 0.566. The van der Waals surface area contributed by atoms with E-state index in [1.807, 2.05) is 18.2 Å². The van der Waals surface area contributed by atoms with Gasteiger partial charge in [-0.25, -0.2) is 12.7 Å². The van der Waals surface area contributed by atoms with Gasteiger partial charge in [-0.1, -0.05) is 6.07 Å². The van der Waals surface area contributed by atoms with Gasteiger partial charge in [-0.2, -0.15) is 0 Å². The van der Waals surface area contributed by atoms with Crippen molar-refractivity contribution in [2.45, 2.75) is 6.54 Å². The lowest BCUT2D eigenvalue weighted by atomic mass is 10.1. The fourth-order valence-corrected chi connectivity index (χ4v) is 4.62. The number of sulfonamides is 1. The molecule has 3 aromatic rings. The first kappa shape index (κ1) is 20.4. The molecule has 0 saturated heterocycles. The third kappa shape index (κ3) is 3.78. The van der Waals surface area contributed by atoms with Gasteiger partial charge in [-0.15, -0.1) is 11.3 Å². The Kier molecular flexibility index (Phi) is 5.51. The van der Waals surface area contributed by atoms with Crippen molar-refractivity contribution in [3.63, 3.8) is 0 Å². The summed E-state index contributed by atoms with van der Waals surface area (Å²) < 4.78 is 37.8. The average Bonchev–Trinajstić information content (AvgIpc) is 3.07. The Balaban J connectivity index is 2.18. The maximum atomic E-state index is 12.6. The molecule has 28 heavy (non-hydrogen) atoms. The second-order valence-corrected chi connectivity index (χ2v) is 9.73. The molecule has 0 atom stereocenters. The number of fused-ring (bicyclic) bond motifs is 1. The number of aromatic nitrogens is 1. The Morgan fingerprint density at radius 3 is 2.43 bits per heavy atom. The molecule has 0 radical (unpaired) electrons. The number of hydrogen-bond donors (Lipinski definition) is 0. The average molecular weight is 423 g/mol. The van der Waals surface area contributed by atoms with Gasteiger partial charge >= 0.3 is 0 Å². The van der Waals surface area contributed by atoms with Crippen molar-refractivity contribution in [1.29, 1.82) is 0 Å². The van der Waals surface area contributed by atoms with Crippen LogP contribution in [0.5, 0.6) is 11.5 Å². The van der Waals surface area contributed by atoms with E-state index in [-0.39, 0.29) is 12.1 Å². The lowest BCUT2D eigenvalue weighted by Crippen LogP contribution is -2.24. The normalized spacial score (nSPS) is 11.9. The second-order valence-electron chi connectivity index (χ2n) is 6.50. The monoisotopic (exact) mass is 422 g/mol. The summed E-state index contributed by atoms with van der Waals surface area (Å²) in [6.45, 7) is 0.215. The topological polar surface area (TPSA) is 77.8 Å². The maximum Gasteiger partial charge on any atom is 0.259 e. The van der Waals surface area contributed by atoms with Gasteiger partial charge in [-0.05, 0) is 23.8 Å². The second kappa shape index (κ2) is 7.57. The van der Waals surface area contributed by atoms with E-state index in [1.54, 1.807) is 33.5 Å². The first-order valence-electron chi connectivity index (χ1n) is 8.41. The zero-order valence-corrected chi connectivity index (χ0v) is 18.0. The van der Waals surface area contributed by atoms with Gasteiger partial charge in [0.2, 0.25) is 10.0 Å². The third-order valence-corrected chi connectivity index (χ3v) is 6.95. The first-order chi connectivity index (χ1) is 13.2. The van der Waals surface area contributed by atoms with Crippen molar-refractivity contribution in [3.05, 3.63) is 45.7 Å². The van der Waals surface area contributed by atoms with Gasteiger partial charge in [0.15, 0.2) is 11.5 Å². The van der Waals surface area contributed by atoms with E-state index in [2.05, 4.69) is 0 Å². The summed E-state index contributed by atoms with van der Waals surface area (Å²) in [6.07, 6.45) is 2.95. The number of benzene rings is 1. The minimum atomic E-state index is -3.31. The minimum Gasteiger partial charge on any atom is -0.493 e. The Labute approximate surface area is 167 Å². The van der Waals surface area contributed by atoms with Crippen molar-refractivity contribution in [3.8, 4) is 22.6 Å². The van der Waals surface area contributed by atoms with Crippen molar-refractivity contribution in [2.24, 2.45) is 7.05 Å². The lowest BCUT2D eigenvalue weighted by molar-refractivity contribution is 0.355. The number of pyridine rings is 1. The van der Waals surface area contributed by atoms with Crippen LogP contribution in [0, 0.1) is 0 Å². The molecule has 1 aromatic carbocycles. The molecule has 0 aliphatic rings. The van der Waals surface area contributed by atoms with Crippen LogP contribution in [0.1, 0.15) is 4.88 Å². The molecule has 0 saturated carbocycles. The number of hydrogen-bond acceptors (Lipinski definition) is 6. The van der Waals surface area contributed by atoms with Crippen molar-refractivity contribution < 1.29 is 17.9 Å². The summed E-state index contributed by atoms with van der Waals surface area (Å²) >= 11 is 1.42. The van der Waals surface area contributed by atoms with Crippen LogP contribution < -0.4 is 15.0 Å². The summed E-state index contributed by atoms with van der Waals surface area (Å²) in [5.74, 6) is 1.21. The van der Waals surface area contributed by atoms with Crippen LogP contribution in [0.15, 0.2) is 35.3 Å². The lowest BCUT2D eigenvalue weighted by Gasteiger charge is -2.12. The largest absolute Gasteiger partial charge is 0.493 e. The van der Waals surface area contributed by atoms with Crippen LogP contribution >= 0.6 is 11.3 Å². The molecule has 0 unspecified atom stereocenters. The molecular formula is C19H22N2O5S2. The van der Waals surface area contributed by atoms with Crippen LogP contribution in [0.4, 0.5) is 0 Å². The third-order valence-electron chi connectivity index (χ3n) is 4.54. The first-order valence-corrected chi connectivity index (χ1v) is 11.1. The van der Waals surface area contributed by atoms with Gasteiger partial charge in [0.1, 0.15) is 0 Å². The molecule has 0 bridgehead atoms. The molecule has 0 amide bonds. The van der Waals surface area contributed by atoms with Crippen LogP contribution in [0.3, 0.4) is 0 Å². The van der Waals surface area contributed by atoms with Gasteiger partial charge < -0.3 is 14.0 Å². The molecule has 2 heterocycles. The summed E-state index contributed by atoms with van der Waals surface area (Å²) in [7, 11) is 3.06. The number of nitrogens with zero attached hydrogens (tertiary/aromatic N) is 2. The smallest absolute Gasteiger partial charge is 0.259 e. The number of thiophene rings is 1. The molecular weight excluding hydrogens is 400 g/mol. The Morgan fingerprint density at radius 2 is 1.82 bits per heavy atom. The quantitative estimate of drug-likeness (QED) is 0.610. The predicted molar refractivity (Wildman–Crippen MR) is 112 cm³/mol. The highest BCUT2D eigenvalue weighted by atomic mass is 32.2. The van der Waals surface area contributed by atoms with Crippen LogP contribution in [-0.2, 0) is 23.6 Å². The summed E-state index contributed by atoms with van der Waals surface area (Å²) in [4.78, 5) is 13.4. The van der Waals surface area contributed by atoms with Gasteiger partial charge in [0, 0.05) is 42.0 Å². The zero-order valence-electron chi connectivity index (χ0n) is 16.3. The molecule has 0 N–H and O–H groups in total. The molecule has 0 aliphatic carbocycles. The van der Waals surface area contributed by atoms with E-state index in [1.165, 1.54) is 27.3 Å². The fourth-order valence-electron chi connectivity index (χ4n) is 2.93. The highest BCUT2D eigenvalue weighted by Gasteiger charge is 2.18. The standard InChI is InChI=1S/C19H22N2O5S2/c1-20-11-15(12-6-7-16(25-3)17(8-12)26-4)18-14(19(20)22)9-13(27-18)10-21(2)28(5,23)24/h6-9,11H,10H2,1-5H3. The van der Waals surface area contributed by atoms with E-state index >= 15 is 0 Å². The molecule has 3 rings (SSSR count). The molecule has 150 valence electrons. The molecule has 0 aliphatic heterocycles. The number of ether oxygens (including phenoxy) is 2. The van der Waals surface area contributed by atoms with E-state index in [0.717, 1.165) is 27.0 Å². The number of rotatable bonds is 6. The van der Waals surface area contributed by atoms with Crippen LogP contribution in [0.2, 0.25) is 0 Å². The highest BCUT2D eigenvalue weighted by molar-refractivity contribution is 7.88. The van der Waals surface area contributed by atoms with Crippen molar-refractivity contribution >= 4 is 31.4 Å². The Morgan fingerprint density at radius 1 is 1.14 bits per heavy atom. The van der Waals surface area contributed by atoms with E-state index in [4.69, 9.17) is 9.47 Å². The van der Waals surface area contributed by atoms with E-state index in [0.29, 0.717) is 16.9 Å². The minimum absolute atomic E-state index is 0.122. The highest BCUT2D eigenvalue weighted by Crippen LogP contribution is 2.37. The van der Waals surface area contributed by atoms with Gasteiger partial charge in [-0.3, -0.25) is 4.79 Å². The van der Waals surface area contributed by atoms with Crippen LogP contribution in [0.25, 0.3) is 21.2 Å². The number of aryl methyl sites for hydroxylation is 1. The fraction of sp³-hybridized carbons (Fsp3) is 0.316. The SMILES string of the molecule is COc1ccc(-c2cn(C)c(=O)c3cc(CN(C)S(C)(=O)=O)sc23)cc1OC. The predicted octanol–water partition coefficient (Wildman–Crippen LogP) is 2.68. The molecule has 2 aromatic heterocycles. The van der Waals surface area contributed by atoms with E-state index in [9.17, 15) is 13.2 Å². The van der Waals surface area contributed by atoms with Crippen molar-refractivity contribution in [2.75, 3.05) is 27.5 Å². The Hall–Kier alpha value is -2.36. The van der Waals surface area contributed by atoms with Gasteiger partial charge in [0.25, 0.3) is 5.56 Å². The van der Waals surface area contributed by atoms with Gasteiger partial charge in [0.05, 0.1) is 25.9 Å². The molecule has 7 nitrogen and oxygen atoms in total. The molecule has 0 spiro atoms. The zero-order chi connectivity index (χ0) is 20.6. The molecule has 9 heteroatoms. The molecule has 0 fully saturated rings. The number of methoxy groups -OCH3 is 2. The van der Waals surface area contributed by atoms with E-state index < -0.39 is 10.0 Å². The Bertz CT molecular complexity index is 1190.